The van der Waals surface area contributed by atoms with Crippen LogP contribution >= 0.6 is 11.3 Å². The number of aliphatic hydroxyl groups excluding tert-OH is 1. The number of rotatable bonds is 6. The van der Waals surface area contributed by atoms with Crippen LogP contribution in [-0.4, -0.2) is 44.3 Å². The second-order valence-corrected chi connectivity index (χ2v) is 7.97. The fraction of sp³-hybridized carbons (Fsp3) is 0.130. The molecule has 1 aliphatic rings. The van der Waals surface area contributed by atoms with Gasteiger partial charge in [-0.15, -0.1) is 0 Å². The molecule has 166 valence electrons. The van der Waals surface area contributed by atoms with Gasteiger partial charge in [-0.1, -0.05) is 30.1 Å². The molecule has 1 atom stereocenters. The van der Waals surface area contributed by atoms with Crippen molar-refractivity contribution in [3.8, 4) is 0 Å². The number of aromatic nitrogens is 3. The van der Waals surface area contributed by atoms with E-state index < -0.39 is 23.7 Å². The zero-order valence-corrected chi connectivity index (χ0v) is 18.3. The molecule has 0 aromatic carbocycles. The molecule has 1 amide bonds. The molecule has 33 heavy (non-hydrogen) atoms. The van der Waals surface area contributed by atoms with Gasteiger partial charge in [0.15, 0.2) is 5.13 Å². The van der Waals surface area contributed by atoms with Crippen LogP contribution in [0.15, 0.2) is 67.3 Å². The number of aryl methyl sites for hydroxylation is 1. The maximum absolute atomic E-state index is 13.1. The first-order valence-corrected chi connectivity index (χ1v) is 10.6. The highest BCUT2D eigenvalue weighted by molar-refractivity contribution is 7.17. The third kappa shape index (κ3) is 4.03. The van der Waals surface area contributed by atoms with Crippen LogP contribution < -0.4 is 4.90 Å². The van der Waals surface area contributed by atoms with E-state index >= 15 is 0 Å². The van der Waals surface area contributed by atoms with Crippen LogP contribution in [0.5, 0.6) is 0 Å². The summed E-state index contributed by atoms with van der Waals surface area (Å²) in [5, 5.41) is 11.1. The maximum atomic E-state index is 13.1. The summed E-state index contributed by atoms with van der Waals surface area (Å²) in [7, 11) is 0. The van der Waals surface area contributed by atoms with Crippen molar-refractivity contribution in [2.75, 3.05) is 11.5 Å². The number of hydrogen-bond donors (Lipinski definition) is 1. The van der Waals surface area contributed by atoms with Crippen LogP contribution in [0, 0.1) is 6.92 Å². The average molecular weight is 462 g/mol. The van der Waals surface area contributed by atoms with Gasteiger partial charge in [0.1, 0.15) is 17.2 Å². The molecule has 0 bridgehead atoms. The number of carbonyl (C=O) groups is 3. The van der Waals surface area contributed by atoms with Gasteiger partial charge < -0.3 is 9.84 Å². The van der Waals surface area contributed by atoms with Gasteiger partial charge in [0.2, 0.25) is 0 Å². The molecule has 0 spiro atoms. The normalized spacial score (nSPS) is 17.2. The molecule has 9 nitrogen and oxygen atoms in total. The van der Waals surface area contributed by atoms with E-state index in [9.17, 15) is 19.5 Å². The predicted molar refractivity (Wildman–Crippen MR) is 121 cm³/mol. The van der Waals surface area contributed by atoms with Crippen LogP contribution in [0.4, 0.5) is 5.13 Å². The molecular formula is C23H18N4O5S. The molecule has 3 aromatic rings. The van der Waals surface area contributed by atoms with E-state index in [0.717, 1.165) is 11.3 Å². The zero-order valence-electron chi connectivity index (χ0n) is 17.5. The van der Waals surface area contributed by atoms with Crippen molar-refractivity contribution in [3.05, 3.63) is 89.0 Å². The van der Waals surface area contributed by atoms with Crippen molar-refractivity contribution >= 4 is 39.9 Å². The number of esters is 1. The van der Waals surface area contributed by atoms with Crippen LogP contribution in [-0.2, 0) is 14.3 Å². The number of anilines is 1. The first kappa shape index (κ1) is 22.0. The van der Waals surface area contributed by atoms with Crippen molar-refractivity contribution in [2.45, 2.75) is 13.0 Å². The number of ketones is 1. The molecule has 1 unspecified atom stereocenters. The van der Waals surface area contributed by atoms with Gasteiger partial charge >= 0.3 is 11.9 Å². The lowest BCUT2D eigenvalue weighted by Gasteiger charge is -2.22. The smallest absolute Gasteiger partial charge is 0.350 e. The summed E-state index contributed by atoms with van der Waals surface area (Å²) in [6, 6.07) is 5.42. The quantitative estimate of drug-likeness (QED) is 0.195. The lowest BCUT2D eigenvalue weighted by Crippen LogP contribution is -2.29. The van der Waals surface area contributed by atoms with Gasteiger partial charge in [0, 0.05) is 30.4 Å². The Morgan fingerprint density at radius 3 is 2.67 bits per heavy atom. The number of ether oxygens (including phenoxy) is 1. The maximum Gasteiger partial charge on any atom is 0.350 e. The second-order valence-electron chi connectivity index (χ2n) is 6.99. The summed E-state index contributed by atoms with van der Waals surface area (Å²) in [6.45, 7) is 5.14. The number of hydrogen-bond acceptors (Lipinski definition) is 9. The highest BCUT2D eigenvalue weighted by atomic mass is 32.1. The predicted octanol–water partition coefficient (Wildman–Crippen LogP) is 3.21. The van der Waals surface area contributed by atoms with E-state index in [1.165, 1.54) is 41.7 Å². The van der Waals surface area contributed by atoms with E-state index in [1.54, 1.807) is 25.3 Å². The summed E-state index contributed by atoms with van der Waals surface area (Å²) in [6.07, 6.45) is 7.43. The SMILES string of the molecule is C=CCOC(=O)c1sc(N2C(=O)C(=O)/C(=C(/O)c3ccncc3)C2c2cccnc2)nc1C. The second kappa shape index (κ2) is 9.13. The summed E-state index contributed by atoms with van der Waals surface area (Å²) in [4.78, 5) is 52.3. The molecule has 1 fully saturated rings. The van der Waals surface area contributed by atoms with Gasteiger partial charge in [-0.2, -0.15) is 0 Å². The van der Waals surface area contributed by atoms with Crippen molar-refractivity contribution in [1.82, 2.24) is 15.0 Å². The summed E-state index contributed by atoms with van der Waals surface area (Å²) in [5.41, 5.74) is 1.07. The number of amides is 1. The van der Waals surface area contributed by atoms with Gasteiger partial charge in [0.25, 0.3) is 5.78 Å². The minimum absolute atomic E-state index is 0.0254. The van der Waals surface area contributed by atoms with Gasteiger partial charge in [-0.05, 0) is 30.7 Å². The Morgan fingerprint density at radius 2 is 2.00 bits per heavy atom. The lowest BCUT2D eigenvalue weighted by molar-refractivity contribution is -0.132. The Bertz CT molecular complexity index is 1270. The number of Topliss-reactive ketones (excluding diaryl/α,β-unsaturated/α-hetero) is 1. The summed E-state index contributed by atoms with van der Waals surface area (Å²) >= 11 is 0.927. The Kier molecular flexibility index (Phi) is 6.09. The highest BCUT2D eigenvalue weighted by Crippen LogP contribution is 2.43. The third-order valence-corrected chi connectivity index (χ3v) is 6.04. The van der Waals surface area contributed by atoms with E-state index in [0.29, 0.717) is 16.8 Å². The van der Waals surface area contributed by atoms with Crippen LogP contribution in [0.1, 0.15) is 32.5 Å². The number of pyridine rings is 2. The third-order valence-electron chi connectivity index (χ3n) is 4.91. The van der Waals surface area contributed by atoms with E-state index in [4.69, 9.17) is 4.74 Å². The van der Waals surface area contributed by atoms with Gasteiger partial charge in [-0.25, -0.2) is 9.78 Å². The lowest BCUT2D eigenvalue weighted by atomic mass is 9.97. The monoisotopic (exact) mass is 462 g/mol. The number of nitrogens with zero attached hydrogens (tertiary/aromatic N) is 4. The molecule has 0 saturated carbocycles. The Morgan fingerprint density at radius 1 is 1.24 bits per heavy atom. The molecule has 3 aromatic heterocycles. The van der Waals surface area contributed by atoms with Crippen LogP contribution in [0.25, 0.3) is 5.76 Å². The molecule has 0 aliphatic carbocycles. The topological polar surface area (TPSA) is 123 Å². The van der Waals surface area contributed by atoms with Crippen LogP contribution in [0.2, 0.25) is 0 Å². The number of carbonyl (C=O) groups excluding carboxylic acids is 3. The summed E-state index contributed by atoms with van der Waals surface area (Å²) < 4.78 is 5.09. The number of thiazole rings is 1. The first-order valence-electron chi connectivity index (χ1n) is 9.80. The van der Waals surface area contributed by atoms with E-state index in [1.807, 2.05) is 0 Å². The fourth-order valence-electron chi connectivity index (χ4n) is 3.42. The number of aliphatic hydroxyl groups is 1. The molecular weight excluding hydrogens is 444 g/mol. The van der Waals surface area contributed by atoms with Crippen molar-refractivity contribution in [1.29, 1.82) is 0 Å². The molecule has 1 saturated heterocycles. The van der Waals surface area contributed by atoms with Crippen molar-refractivity contribution in [2.24, 2.45) is 0 Å². The highest BCUT2D eigenvalue weighted by Gasteiger charge is 2.48. The fourth-order valence-corrected chi connectivity index (χ4v) is 4.41. The van der Waals surface area contributed by atoms with Crippen molar-refractivity contribution in [3.63, 3.8) is 0 Å². The molecule has 0 radical (unpaired) electrons. The summed E-state index contributed by atoms with van der Waals surface area (Å²) in [5.74, 6) is -2.70. The first-order chi connectivity index (χ1) is 15.9. The minimum Gasteiger partial charge on any atom is -0.507 e. The Labute approximate surface area is 192 Å². The largest absolute Gasteiger partial charge is 0.507 e. The van der Waals surface area contributed by atoms with E-state index in [-0.39, 0.29) is 27.9 Å². The van der Waals surface area contributed by atoms with Crippen LogP contribution in [0.3, 0.4) is 0 Å². The Balaban J connectivity index is 1.86. The molecule has 4 rings (SSSR count). The van der Waals surface area contributed by atoms with Crippen molar-refractivity contribution < 1.29 is 24.2 Å². The Hall–Kier alpha value is -4.18. The molecule has 1 aliphatic heterocycles. The molecule has 4 heterocycles. The van der Waals surface area contributed by atoms with Gasteiger partial charge in [-0.3, -0.25) is 24.5 Å². The average Bonchev–Trinajstić information content (AvgIpc) is 3.35. The molecule has 10 heteroatoms. The zero-order chi connectivity index (χ0) is 23.5. The molecule has 1 N–H and O–H groups in total. The van der Waals surface area contributed by atoms with Gasteiger partial charge in [0.05, 0.1) is 17.3 Å². The van der Waals surface area contributed by atoms with E-state index in [2.05, 4.69) is 21.5 Å². The minimum atomic E-state index is -0.991. The standard InChI is InChI=1S/C23H18N4O5S/c1-3-11-32-22(31)20-13(2)26-23(33-20)27-17(15-5-4-8-25-12-15)16(19(29)21(27)30)18(28)14-6-9-24-10-7-14/h3-10,12,17,28H,1,11H2,2H3/b18-16+.